The number of nitrogens with zero attached hydrogens (tertiary/aromatic N) is 3. The normalized spacial score (nSPS) is 17.5. The highest BCUT2D eigenvalue weighted by Crippen LogP contribution is 2.26. The first-order valence-electron chi connectivity index (χ1n) is 10.0. The highest BCUT2D eigenvalue weighted by atomic mass is 15.2. The number of rotatable bonds is 5. The van der Waals surface area contributed by atoms with Crippen LogP contribution in [0.5, 0.6) is 0 Å². The molecule has 0 radical (unpaired) electrons. The molecule has 0 saturated carbocycles. The second-order valence-electron chi connectivity index (χ2n) is 7.93. The predicted octanol–water partition coefficient (Wildman–Crippen LogP) is 4.99. The zero-order valence-corrected chi connectivity index (χ0v) is 16.7. The van der Waals surface area contributed by atoms with Crippen molar-refractivity contribution < 1.29 is 0 Å². The lowest BCUT2D eigenvalue weighted by Crippen LogP contribution is -2.29. The molecule has 3 nitrogen and oxygen atoms in total. The van der Waals surface area contributed by atoms with Crippen molar-refractivity contribution in [3.8, 4) is 11.1 Å². The summed E-state index contributed by atoms with van der Waals surface area (Å²) in [6.45, 7) is 4.70. The van der Waals surface area contributed by atoms with E-state index < -0.39 is 0 Å². The minimum atomic E-state index is 0.729. The summed E-state index contributed by atoms with van der Waals surface area (Å²) < 4.78 is 0. The summed E-state index contributed by atoms with van der Waals surface area (Å²) in [5, 5.41) is 1.21. The van der Waals surface area contributed by atoms with E-state index in [2.05, 4.69) is 85.4 Å². The Balaban J connectivity index is 1.51. The molecule has 3 heteroatoms. The van der Waals surface area contributed by atoms with Gasteiger partial charge in [0.2, 0.25) is 0 Å². The van der Waals surface area contributed by atoms with Gasteiger partial charge in [0.1, 0.15) is 0 Å². The van der Waals surface area contributed by atoms with E-state index >= 15 is 0 Å². The van der Waals surface area contributed by atoms with E-state index in [1.165, 1.54) is 47.3 Å². The number of benzene rings is 2. The Morgan fingerprint density at radius 2 is 1.78 bits per heavy atom. The van der Waals surface area contributed by atoms with Gasteiger partial charge in [0.05, 0.1) is 5.52 Å². The molecule has 1 fully saturated rings. The van der Waals surface area contributed by atoms with Gasteiger partial charge in [-0.3, -0.25) is 4.98 Å². The van der Waals surface area contributed by atoms with Crippen LogP contribution in [0.15, 0.2) is 54.6 Å². The number of hydrogen-bond acceptors (Lipinski definition) is 3. The minimum absolute atomic E-state index is 0.729. The minimum Gasteiger partial charge on any atom is -0.378 e. The van der Waals surface area contributed by atoms with Crippen molar-refractivity contribution in [1.29, 1.82) is 0 Å². The average Bonchev–Trinajstić information content (AvgIpc) is 3.10. The average molecular weight is 360 g/mol. The van der Waals surface area contributed by atoms with E-state index in [9.17, 15) is 0 Å². The smallest absolute Gasteiger partial charge is 0.0705 e. The Labute approximate surface area is 162 Å². The van der Waals surface area contributed by atoms with Gasteiger partial charge in [0.25, 0.3) is 0 Å². The molecule has 0 spiro atoms. The van der Waals surface area contributed by atoms with Crippen molar-refractivity contribution in [3.63, 3.8) is 0 Å². The van der Waals surface area contributed by atoms with Crippen molar-refractivity contribution in [3.05, 3.63) is 60.3 Å². The second kappa shape index (κ2) is 7.69. The molecule has 0 N–H and O–H groups in total. The first kappa shape index (κ1) is 18.0. The predicted molar refractivity (Wildman–Crippen MR) is 115 cm³/mol. The molecular formula is C24H29N3. The summed E-state index contributed by atoms with van der Waals surface area (Å²) in [7, 11) is 4.14. The second-order valence-corrected chi connectivity index (χ2v) is 7.93. The maximum Gasteiger partial charge on any atom is 0.0705 e. The van der Waals surface area contributed by atoms with Gasteiger partial charge in [-0.1, -0.05) is 24.3 Å². The maximum atomic E-state index is 4.90. The number of hydrogen-bond donors (Lipinski definition) is 0. The zero-order valence-electron chi connectivity index (χ0n) is 16.7. The van der Waals surface area contributed by atoms with E-state index in [0.29, 0.717) is 0 Å². The SMILES string of the molecule is CC1CCCN1CCc1ccc2cc(-c3ccc(N(C)C)cc3)ccc2n1. The molecule has 4 rings (SSSR count). The van der Waals surface area contributed by atoms with E-state index in [-0.39, 0.29) is 0 Å². The standard InChI is InChI=1S/C24H29N3/c1-18-5-4-15-27(18)16-14-22-10-6-21-17-20(9-13-24(21)25-22)19-7-11-23(12-8-19)26(2)3/h6-13,17-18H,4-5,14-16H2,1-3H3. The van der Waals surface area contributed by atoms with Gasteiger partial charge in [-0.15, -0.1) is 0 Å². The van der Waals surface area contributed by atoms with Crippen molar-refractivity contribution >= 4 is 16.6 Å². The fourth-order valence-electron chi connectivity index (χ4n) is 4.02. The molecule has 3 aromatic rings. The molecule has 1 aliphatic rings. The van der Waals surface area contributed by atoms with E-state index in [0.717, 1.165) is 24.5 Å². The van der Waals surface area contributed by atoms with Gasteiger partial charge in [-0.25, -0.2) is 0 Å². The molecule has 1 aliphatic heterocycles. The third-order valence-electron chi connectivity index (χ3n) is 5.81. The highest BCUT2D eigenvalue weighted by Gasteiger charge is 2.19. The van der Waals surface area contributed by atoms with Crippen LogP contribution in [0.4, 0.5) is 5.69 Å². The van der Waals surface area contributed by atoms with E-state index in [1.54, 1.807) is 0 Å². The molecule has 140 valence electrons. The van der Waals surface area contributed by atoms with E-state index in [4.69, 9.17) is 4.98 Å². The van der Waals surface area contributed by atoms with Crippen LogP contribution < -0.4 is 4.90 Å². The molecule has 2 aromatic carbocycles. The molecule has 27 heavy (non-hydrogen) atoms. The van der Waals surface area contributed by atoms with Gasteiger partial charge < -0.3 is 9.80 Å². The van der Waals surface area contributed by atoms with Gasteiger partial charge >= 0.3 is 0 Å². The number of aromatic nitrogens is 1. The van der Waals surface area contributed by atoms with Crippen LogP contribution >= 0.6 is 0 Å². The number of pyridine rings is 1. The number of likely N-dealkylation sites (tertiary alicyclic amines) is 1. The van der Waals surface area contributed by atoms with E-state index in [1.807, 2.05) is 0 Å². The van der Waals surface area contributed by atoms with Crippen molar-refractivity contribution in [2.75, 3.05) is 32.1 Å². The zero-order chi connectivity index (χ0) is 18.8. The Morgan fingerprint density at radius 3 is 2.48 bits per heavy atom. The van der Waals surface area contributed by atoms with Gasteiger partial charge in [0.15, 0.2) is 0 Å². The summed E-state index contributed by atoms with van der Waals surface area (Å²) in [6.07, 6.45) is 3.71. The Bertz CT molecular complexity index is 915. The third-order valence-corrected chi connectivity index (χ3v) is 5.81. The first-order valence-corrected chi connectivity index (χ1v) is 10.0. The van der Waals surface area contributed by atoms with Crippen LogP contribution in [0.25, 0.3) is 22.0 Å². The molecule has 1 unspecified atom stereocenters. The van der Waals surface area contributed by atoms with Crippen molar-refractivity contribution in [1.82, 2.24) is 9.88 Å². The van der Waals surface area contributed by atoms with Crippen molar-refractivity contribution in [2.24, 2.45) is 0 Å². The van der Waals surface area contributed by atoms with Crippen LogP contribution in [-0.4, -0.2) is 43.1 Å². The number of anilines is 1. The number of fused-ring (bicyclic) bond motifs is 1. The fourth-order valence-corrected chi connectivity index (χ4v) is 4.02. The van der Waals surface area contributed by atoms with Crippen LogP contribution in [0.1, 0.15) is 25.5 Å². The third kappa shape index (κ3) is 3.98. The molecule has 0 amide bonds. The molecule has 1 saturated heterocycles. The van der Waals surface area contributed by atoms with Crippen LogP contribution in [0.3, 0.4) is 0 Å². The molecule has 0 bridgehead atoms. The molecule has 1 atom stereocenters. The molecule has 1 aromatic heterocycles. The highest BCUT2D eigenvalue weighted by molar-refractivity contribution is 5.84. The quantitative estimate of drug-likeness (QED) is 0.639. The summed E-state index contributed by atoms with van der Waals surface area (Å²) in [6, 6.07) is 20.5. The molecule has 2 heterocycles. The molecule has 0 aliphatic carbocycles. The van der Waals surface area contributed by atoms with Crippen LogP contribution in [-0.2, 0) is 6.42 Å². The van der Waals surface area contributed by atoms with Crippen molar-refractivity contribution in [2.45, 2.75) is 32.2 Å². The summed E-state index contributed by atoms with van der Waals surface area (Å²) in [4.78, 5) is 9.61. The topological polar surface area (TPSA) is 19.4 Å². The van der Waals surface area contributed by atoms with Gasteiger partial charge in [-0.05, 0) is 67.8 Å². The summed E-state index contributed by atoms with van der Waals surface area (Å²) in [5.74, 6) is 0. The Hall–Kier alpha value is -2.39. The largest absolute Gasteiger partial charge is 0.378 e. The van der Waals surface area contributed by atoms with Crippen LogP contribution in [0.2, 0.25) is 0 Å². The summed E-state index contributed by atoms with van der Waals surface area (Å²) in [5.41, 5.74) is 6.00. The molecular weight excluding hydrogens is 330 g/mol. The lowest BCUT2D eigenvalue weighted by atomic mass is 10.0. The van der Waals surface area contributed by atoms with Crippen LogP contribution in [0, 0.1) is 0 Å². The fraction of sp³-hybridized carbons (Fsp3) is 0.375. The first-order chi connectivity index (χ1) is 13.1. The Kier molecular flexibility index (Phi) is 5.13. The monoisotopic (exact) mass is 359 g/mol. The lowest BCUT2D eigenvalue weighted by Gasteiger charge is -2.20. The van der Waals surface area contributed by atoms with Gasteiger partial charge in [0, 0.05) is 49.9 Å². The lowest BCUT2D eigenvalue weighted by molar-refractivity contribution is 0.271. The maximum absolute atomic E-state index is 4.90. The summed E-state index contributed by atoms with van der Waals surface area (Å²) >= 11 is 0. The Morgan fingerprint density at radius 1 is 1.00 bits per heavy atom. The van der Waals surface area contributed by atoms with Gasteiger partial charge in [-0.2, -0.15) is 0 Å².